The lowest BCUT2D eigenvalue weighted by Gasteiger charge is -2.22. The van der Waals surface area contributed by atoms with Crippen LogP contribution in [-0.2, 0) is 6.54 Å². The van der Waals surface area contributed by atoms with Crippen LogP contribution in [0.4, 0.5) is 0 Å². The largest absolute Gasteiger partial charge is 0.326 e. The Bertz CT molecular complexity index is 351. The summed E-state index contributed by atoms with van der Waals surface area (Å²) in [5.41, 5.74) is 9.59. The fraction of sp³-hybridized carbons (Fsp3) is 0.385. The highest BCUT2D eigenvalue weighted by Crippen LogP contribution is 2.21. The number of nitrogens with two attached hydrogens (primary N) is 1. The van der Waals surface area contributed by atoms with Gasteiger partial charge in [-0.2, -0.15) is 0 Å². The van der Waals surface area contributed by atoms with Crippen molar-refractivity contribution < 1.29 is 0 Å². The maximum atomic E-state index is 5.58. The molecule has 0 amide bonds. The second-order valence-electron chi connectivity index (χ2n) is 4.14. The maximum absolute atomic E-state index is 5.58. The van der Waals surface area contributed by atoms with Crippen LogP contribution in [0.3, 0.4) is 0 Å². The van der Waals surface area contributed by atoms with Crippen molar-refractivity contribution in [3.8, 4) is 0 Å². The highest BCUT2D eigenvalue weighted by Gasteiger charge is 2.08. The van der Waals surface area contributed by atoms with E-state index in [0.29, 0.717) is 6.54 Å². The molecule has 0 radical (unpaired) electrons. The summed E-state index contributed by atoms with van der Waals surface area (Å²) in [5, 5.41) is 0. The van der Waals surface area contributed by atoms with E-state index in [1.54, 1.807) is 0 Å². The van der Waals surface area contributed by atoms with E-state index in [4.69, 9.17) is 5.73 Å². The van der Waals surface area contributed by atoms with Gasteiger partial charge in [-0.1, -0.05) is 30.3 Å². The summed E-state index contributed by atoms with van der Waals surface area (Å²) >= 11 is 0. The molecule has 0 saturated carbocycles. The first-order valence-electron chi connectivity index (χ1n) is 5.46. The van der Waals surface area contributed by atoms with E-state index in [1.807, 2.05) is 0 Å². The molecule has 1 heterocycles. The Kier molecular flexibility index (Phi) is 3.19. The standard InChI is InChI=1S/C13H18N2/c1-15-8-6-13(7-9-15)12-4-2-11(10-14)3-5-12/h2-6H,7-10,14H2,1H3. The molecule has 0 aliphatic carbocycles. The molecule has 0 aromatic heterocycles. The summed E-state index contributed by atoms with van der Waals surface area (Å²) in [4.78, 5) is 2.33. The van der Waals surface area contributed by atoms with E-state index in [0.717, 1.165) is 19.5 Å². The monoisotopic (exact) mass is 202 g/mol. The molecule has 0 bridgehead atoms. The van der Waals surface area contributed by atoms with Crippen LogP contribution in [0.1, 0.15) is 17.5 Å². The molecule has 2 rings (SSSR count). The lowest BCUT2D eigenvalue weighted by molar-refractivity contribution is 0.370. The van der Waals surface area contributed by atoms with Crippen molar-refractivity contribution in [1.82, 2.24) is 4.90 Å². The third-order valence-corrected chi connectivity index (χ3v) is 2.97. The molecule has 0 atom stereocenters. The van der Waals surface area contributed by atoms with E-state index < -0.39 is 0 Å². The summed E-state index contributed by atoms with van der Waals surface area (Å²) in [5.74, 6) is 0. The molecule has 0 unspecified atom stereocenters. The second-order valence-corrected chi connectivity index (χ2v) is 4.14. The Morgan fingerprint density at radius 1 is 1.27 bits per heavy atom. The molecule has 1 aliphatic rings. The van der Waals surface area contributed by atoms with Crippen molar-refractivity contribution in [2.24, 2.45) is 5.73 Å². The van der Waals surface area contributed by atoms with Gasteiger partial charge in [0.2, 0.25) is 0 Å². The average molecular weight is 202 g/mol. The maximum Gasteiger partial charge on any atom is 0.0178 e. The van der Waals surface area contributed by atoms with Crippen molar-refractivity contribution in [3.05, 3.63) is 41.5 Å². The third-order valence-electron chi connectivity index (χ3n) is 2.97. The molecule has 0 saturated heterocycles. The highest BCUT2D eigenvalue weighted by atomic mass is 15.1. The topological polar surface area (TPSA) is 29.3 Å². The molecule has 1 aliphatic heterocycles. The summed E-state index contributed by atoms with van der Waals surface area (Å²) in [7, 11) is 2.16. The molecule has 0 fully saturated rings. The molecule has 15 heavy (non-hydrogen) atoms. The summed E-state index contributed by atoms with van der Waals surface area (Å²) in [6.45, 7) is 2.85. The van der Waals surface area contributed by atoms with Crippen LogP contribution in [0, 0.1) is 0 Å². The summed E-state index contributed by atoms with van der Waals surface area (Å²) in [6.07, 6.45) is 3.47. The van der Waals surface area contributed by atoms with Gasteiger partial charge >= 0.3 is 0 Å². The summed E-state index contributed by atoms with van der Waals surface area (Å²) in [6, 6.07) is 8.60. The van der Waals surface area contributed by atoms with Gasteiger partial charge in [0.25, 0.3) is 0 Å². The normalized spacial score (nSPS) is 17.6. The minimum atomic E-state index is 0.627. The number of rotatable bonds is 2. The summed E-state index contributed by atoms with van der Waals surface area (Å²) < 4.78 is 0. The van der Waals surface area contributed by atoms with E-state index >= 15 is 0 Å². The van der Waals surface area contributed by atoms with Gasteiger partial charge in [0, 0.05) is 19.6 Å². The first kappa shape index (κ1) is 10.4. The second kappa shape index (κ2) is 4.60. The number of likely N-dealkylation sites (N-methyl/N-ethyl adjacent to an activating group) is 1. The Labute approximate surface area is 91.4 Å². The Morgan fingerprint density at radius 3 is 2.53 bits per heavy atom. The van der Waals surface area contributed by atoms with Crippen LogP contribution in [0.5, 0.6) is 0 Å². The van der Waals surface area contributed by atoms with Gasteiger partial charge in [-0.3, -0.25) is 0 Å². The van der Waals surface area contributed by atoms with Crippen molar-refractivity contribution in [2.45, 2.75) is 13.0 Å². The lowest BCUT2D eigenvalue weighted by Crippen LogP contribution is -2.23. The molecular formula is C13H18N2. The predicted molar refractivity (Wildman–Crippen MR) is 64.4 cm³/mol. The number of hydrogen-bond acceptors (Lipinski definition) is 2. The van der Waals surface area contributed by atoms with E-state index in [9.17, 15) is 0 Å². The van der Waals surface area contributed by atoms with Crippen LogP contribution >= 0.6 is 0 Å². The minimum Gasteiger partial charge on any atom is -0.326 e. The van der Waals surface area contributed by atoms with Crippen molar-refractivity contribution in [3.63, 3.8) is 0 Å². The predicted octanol–water partition coefficient (Wildman–Crippen LogP) is 1.86. The average Bonchev–Trinajstić information content (AvgIpc) is 2.30. The van der Waals surface area contributed by atoms with Gasteiger partial charge in [-0.25, -0.2) is 0 Å². The van der Waals surface area contributed by atoms with Crippen molar-refractivity contribution in [1.29, 1.82) is 0 Å². The zero-order valence-corrected chi connectivity index (χ0v) is 9.24. The van der Waals surface area contributed by atoms with Crippen molar-refractivity contribution >= 4 is 5.57 Å². The third kappa shape index (κ3) is 2.46. The molecular weight excluding hydrogens is 184 g/mol. The van der Waals surface area contributed by atoms with Crippen LogP contribution in [0.15, 0.2) is 30.3 Å². The molecule has 2 nitrogen and oxygen atoms in total. The van der Waals surface area contributed by atoms with E-state index in [1.165, 1.54) is 16.7 Å². The lowest BCUT2D eigenvalue weighted by atomic mass is 9.99. The Morgan fingerprint density at radius 2 is 2.00 bits per heavy atom. The quantitative estimate of drug-likeness (QED) is 0.793. The van der Waals surface area contributed by atoms with Gasteiger partial charge in [0.05, 0.1) is 0 Å². The molecule has 80 valence electrons. The first-order chi connectivity index (χ1) is 7.29. The molecule has 1 aromatic rings. The highest BCUT2D eigenvalue weighted by molar-refractivity contribution is 5.66. The number of nitrogens with zero attached hydrogens (tertiary/aromatic N) is 1. The fourth-order valence-electron chi connectivity index (χ4n) is 1.89. The van der Waals surface area contributed by atoms with Gasteiger partial charge in [0.1, 0.15) is 0 Å². The smallest absolute Gasteiger partial charge is 0.0178 e. The minimum absolute atomic E-state index is 0.627. The van der Waals surface area contributed by atoms with Crippen LogP contribution in [0.2, 0.25) is 0 Å². The molecule has 1 aromatic carbocycles. The molecule has 2 N–H and O–H groups in total. The van der Waals surface area contributed by atoms with Crippen molar-refractivity contribution in [2.75, 3.05) is 20.1 Å². The van der Waals surface area contributed by atoms with Gasteiger partial charge in [0.15, 0.2) is 0 Å². The SMILES string of the molecule is CN1CC=C(c2ccc(CN)cc2)CC1. The number of benzene rings is 1. The Balaban J connectivity index is 2.16. The zero-order valence-electron chi connectivity index (χ0n) is 9.24. The molecule has 2 heteroatoms. The zero-order chi connectivity index (χ0) is 10.7. The van der Waals surface area contributed by atoms with E-state index in [-0.39, 0.29) is 0 Å². The van der Waals surface area contributed by atoms with Gasteiger partial charge in [-0.15, -0.1) is 0 Å². The fourth-order valence-corrected chi connectivity index (χ4v) is 1.89. The van der Waals surface area contributed by atoms with Crippen LogP contribution in [-0.4, -0.2) is 25.0 Å². The van der Waals surface area contributed by atoms with Gasteiger partial charge < -0.3 is 10.6 Å². The van der Waals surface area contributed by atoms with Gasteiger partial charge in [-0.05, 0) is 30.2 Å². The van der Waals surface area contributed by atoms with Crippen LogP contribution in [0.25, 0.3) is 5.57 Å². The van der Waals surface area contributed by atoms with Crippen LogP contribution < -0.4 is 5.73 Å². The van der Waals surface area contributed by atoms with E-state index in [2.05, 4.69) is 42.3 Å². The first-order valence-corrected chi connectivity index (χ1v) is 5.46. The number of hydrogen-bond donors (Lipinski definition) is 1. The Hall–Kier alpha value is -1.12. The molecule has 0 spiro atoms.